The van der Waals surface area contributed by atoms with E-state index in [9.17, 15) is 9.59 Å². The molecule has 0 bridgehead atoms. The van der Waals surface area contributed by atoms with E-state index < -0.39 is 6.09 Å². The fraction of sp³-hybridized carbons (Fsp3) is 0.214. The van der Waals surface area contributed by atoms with Crippen molar-refractivity contribution < 1.29 is 14.3 Å². The molecule has 0 saturated carbocycles. The number of rotatable bonds is 5. The number of nitrogens with one attached hydrogen (secondary N) is 2. The van der Waals surface area contributed by atoms with Gasteiger partial charge in [-0.2, -0.15) is 5.10 Å². The SMILES string of the molecule is COC(=O)Nc1ccc(NC(=O)CCn2cccn2)cc1. The number of ether oxygens (including phenoxy) is 1. The van der Waals surface area contributed by atoms with Crippen LogP contribution in [0.15, 0.2) is 42.7 Å². The highest BCUT2D eigenvalue weighted by molar-refractivity contribution is 5.91. The minimum Gasteiger partial charge on any atom is -0.453 e. The smallest absolute Gasteiger partial charge is 0.411 e. The molecule has 7 heteroatoms. The number of amides is 2. The van der Waals surface area contributed by atoms with Gasteiger partial charge in [-0.1, -0.05) is 0 Å². The summed E-state index contributed by atoms with van der Waals surface area (Å²) in [6.45, 7) is 0.529. The Morgan fingerprint density at radius 2 is 1.86 bits per heavy atom. The van der Waals surface area contributed by atoms with Gasteiger partial charge in [0.05, 0.1) is 7.11 Å². The van der Waals surface area contributed by atoms with Gasteiger partial charge in [0, 0.05) is 36.7 Å². The lowest BCUT2D eigenvalue weighted by Gasteiger charge is -2.07. The number of hydrogen-bond donors (Lipinski definition) is 2. The molecule has 1 heterocycles. The first-order valence-corrected chi connectivity index (χ1v) is 6.39. The van der Waals surface area contributed by atoms with Gasteiger partial charge < -0.3 is 10.1 Å². The molecule has 2 N–H and O–H groups in total. The Kier molecular flexibility index (Phi) is 4.92. The monoisotopic (exact) mass is 288 g/mol. The van der Waals surface area contributed by atoms with Gasteiger partial charge in [0.15, 0.2) is 0 Å². The van der Waals surface area contributed by atoms with E-state index >= 15 is 0 Å². The van der Waals surface area contributed by atoms with Gasteiger partial charge in [0.2, 0.25) is 5.91 Å². The van der Waals surface area contributed by atoms with Crippen molar-refractivity contribution in [2.45, 2.75) is 13.0 Å². The Balaban J connectivity index is 1.82. The molecule has 7 nitrogen and oxygen atoms in total. The highest BCUT2D eigenvalue weighted by Crippen LogP contribution is 2.14. The van der Waals surface area contributed by atoms with E-state index in [4.69, 9.17) is 0 Å². The fourth-order valence-electron chi connectivity index (χ4n) is 1.68. The first-order chi connectivity index (χ1) is 10.2. The molecule has 21 heavy (non-hydrogen) atoms. The lowest BCUT2D eigenvalue weighted by atomic mass is 10.2. The summed E-state index contributed by atoms with van der Waals surface area (Å²) >= 11 is 0. The number of hydrogen-bond acceptors (Lipinski definition) is 4. The van der Waals surface area contributed by atoms with Crippen molar-refractivity contribution in [1.82, 2.24) is 9.78 Å². The summed E-state index contributed by atoms with van der Waals surface area (Å²) in [5.74, 6) is -0.0980. The number of nitrogens with zero attached hydrogens (tertiary/aromatic N) is 2. The topological polar surface area (TPSA) is 85.3 Å². The van der Waals surface area contributed by atoms with E-state index in [2.05, 4.69) is 20.5 Å². The van der Waals surface area contributed by atoms with E-state index in [-0.39, 0.29) is 5.91 Å². The van der Waals surface area contributed by atoms with E-state index in [1.165, 1.54) is 7.11 Å². The number of benzene rings is 1. The number of carbonyl (C=O) groups is 2. The Hall–Kier alpha value is -2.83. The molecule has 0 unspecified atom stereocenters. The minimum atomic E-state index is -0.536. The summed E-state index contributed by atoms with van der Waals surface area (Å²) in [7, 11) is 1.30. The van der Waals surface area contributed by atoms with Crippen molar-refractivity contribution in [2.24, 2.45) is 0 Å². The second-order valence-electron chi connectivity index (χ2n) is 4.26. The van der Waals surface area contributed by atoms with E-state index in [1.807, 2.05) is 6.07 Å². The Morgan fingerprint density at radius 3 is 2.43 bits per heavy atom. The van der Waals surface area contributed by atoms with Crippen LogP contribution in [0, 0.1) is 0 Å². The molecule has 0 aliphatic carbocycles. The van der Waals surface area contributed by atoms with Crippen LogP contribution in [-0.4, -0.2) is 28.9 Å². The van der Waals surface area contributed by atoms with Crippen LogP contribution in [0.25, 0.3) is 0 Å². The molecule has 2 rings (SSSR count). The number of methoxy groups -OCH3 is 1. The Morgan fingerprint density at radius 1 is 1.19 bits per heavy atom. The lowest BCUT2D eigenvalue weighted by molar-refractivity contribution is -0.116. The molecule has 110 valence electrons. The second kappa shape index (κ2) is 7.09. The molecular weight excluding hydrogens is 272 g/mol. The van der Waals surface area contributed by atoms with Crippen LogP contribution in [0.5, 0.6) is 0 Å². The van der Waals surface area contributed by atoms with Crippen molar-refractivity contribution >= 4 is 23.4 Å². The molecule has 1 aromatic heterocycles. The van der Waals surface area contributed by atoms with E-state index in [0.29, 0.717) is 24.3 Å². The fourth-order valence-corrected chi connectivity index (χ4v) is 1.68. The van der Waals surface area contributed by atoms with Crippen molar-refractivity contribution in [2.75, 3.05) is 17.7 Å². The maximum Gasteiger partial charge on any atom is 0.411 e. The predicted octanol–water partition coefficient (Wildman–Crippen LogP) is 2.09. The van der Waals surface area contributed by atoms with Crippen LogP contribution in [0.1, 0.15) is 6.42 Å². The lowest BCUT2D eigenvalue weighted by Crippen LogP contribution is -2.15. The number of anilines is 2. The minimum absolute atomic E-state index is 0.0980. The summed E-state index contributed by atoms with van der Waals surface area (Å²) in [6.07, 6.45) is 3.28. The average molecular weight is 288 g/mol. The molecule has 2 amide bonds. The molecule has 0 fully saturated rings. The van der Waals surface area contributed by atoms with Crippen LogP contribution >= 0.6 is 0 Å². The van der Waals surface area contributed by atoms with E-state index in [1.54, 1.807) is 41.3 Å². The maximum atomic E-state index is 11.8. The third kappa shape index (κ3) is 4.64. The van der Waals surface area contributed by atoms with Gasteiger partial charge in [-0.15, -0.1) is 0 Å². The second-order valence-corrected chi connectivity index (χ2v) is 4.26. The van der Waals surface area contributed by atoms with Crippen molar-refractivity contribution in [3.05, 3.63) is 42.7 Å². The molecule has 0 aliphatic rings. The summed E-state index contributed by atoms with van der Waals surface area (Å²) in [5, 5.41) is 9.33. The number of aryl methyl sites for hydroxylation is 1. The molecule has 0 radical (unpaired) electrons. The molecule has 1 aromatic carbocycles. The van der Waals surface area contributed by atoms with Gasteiger partial charge in [-0.3, -0.25) is 14.8 Å². The van der Waals surface area contributed by atoms with E-state index in [0.717, 1.165) is 0 Å². The van der Waals surface area contributed by atoms with Crippen LogP contribution < -0.4 is 10.6 Å². The van der Waals surface area contributed by atoms with Crippen molar-refractivity contribution in [1.29, 1.82) is 0 Å². The molecule has 0 aliphatic heterocycles. The molecule has 2 aromatic rings. The van der Waals surface area contributed by atoms with Gasteiger partial charge in [0.1, 0.15) is 0 Å². The highest BCUT2D eigenvalue weighted by Gasteiger charge is 2.04. The predicted molar refractivity (Wildman–Crippen MR) is 77.9 cm³/mol. The van der Waals surface area contributed by atoms with Crippen LogP contribution in [0.2, 0.25) is 0 Å². The van der Waals surface area contributed by atoms with Gasteiger partial charge in [-0.25, -0.2) is 4.79 Å². The highest BCUT2D eigenvalue weighted by atomic mass is 16.5. The molecule has 0 saturated heterocycles. The summed E-state index contributed by atoms with van der Waals surface area (Å²) < 4.78 is 6.19. The first kappa shape index (κ1) is 14.6. The third-order valence-electron chi connectivity index (χ3n) is 2.73. The summed E-state index contributed by atoms with van der Waals surface area (Å²) in [6, 6.07) is 8.58. The quantitative estimate of drug-likeness (QED) is 0.882. The van der Waals surface area contributed by atoms with Gasteiger partial charge in [0.25, 0.3) is 0 Å². The normalized spacial score (nSPS) is 9.95. The largest absolute Gasteiger partial charge is 0.453 e. The average Bonchev–Trinajstić information content (AvgIpc) is 3.00. The molecule has 0 atom stereocenters. The summed E-state index contributed by atoms with van der Waals surface area (Å²) in [4.78, 5) is 22.8. The number of carbonyl (C=O) groups excluding carboxylic acids is 2. The third-order valence-corrected chi connectivity index (χ3v) is 2.73. The van der Waals surface area contributed by atoms with Gasteiger partial charge >= 0.3 is 6.09 Å². The standard InChI is InChI=1S/C14H16N4O3/c1-21-14(20)17-12-5-3-11(4-6-12)16-13(19)7-10-18-9-2-8-15-18/h2-6,8-9H,7,10H2,1H3,(H,16,19)(H,17,20). The number of aromatic nitrogens is 2. The zero-order valence-electron chi connectivity index (χ0n) is 11.6. The van der Waals surface area contributed by atoms with Gasteiger partial charge in [-0.05, 0) is 30.3 Å². The Labute approximate surface area is 121 Å². The van der Waals surface area contributed by atoms with Crippen molar-refractivity contribution in [3.63, 3.8) is 0 Å². The molecular formula is C14H16N4O3. The zero-order valence-corrected chi connectivity index (χ0v) is 11.6. The first-order valence-electron chi connectivity index (χ1n) is 6.39. The Bertz CT molecular complexity index is 593. The van der Waals surface area contributed by atoms with Crippen LogP contribution in [0.3, 0.4) is 0 Å². The summed E-state index contributed by atoms with van der Waals surface area (Å²) in [5.41, 5.74) is 1.26. The van der Waals surface area contributed by atoms with Crippen LogP contribution in [-0.2, 0) is 16.1 Å². The van der Waals surface area contributed by atoms with Crippen molar-refractivity contribution in [3.8, 4) is 0 Å². The zero-order chi connectivity index (χ0) is 15.1. The van der Waals surface area contributed by atoms with Crippen LogP contribution in [0.4, 0.5) is 16.2 Å². The molecule has 0 spiro atoms. The maximum absolute atomic E-state index is 11.8.